The number of sulfonamides is 1. The van der Waals surface area contributed by atoms with Gasteiger partial charge in [0.15, 0.2) is 11.5 Å². The standard InChI is InChI=1S/C24H23N3O6S/c1-16-7-10-18(11-8-16)34(30,31)27(2)14-23(28)26-20-6-4-3-5-19(20)24(29)25-17-9-12-21-22(13-17)33-15-32-21/h3-13H,14-15H2,1-2H3,(H,25,29)(H,26,28). The second-order valence-electron chi connectivity index (χ2n) is 7.69. The number of nitrogens with one attached hydrogen (secondary N) is 2. The van der Waals surface area contributed by atoms with Crippen LogP contribution in [0.4, 0.5) is 11.4 Å². The van der Waals surface area contributed by atoms with Crippen molar-refractivity contribution in [1.29, 1.82) is 0 Å². The molecule has 0 bridgehead atoms. The maximum Gasteiger partial charge on any atom is 0.257 e. The SMILES string of the molecule is Cc1ccc(S(=O)(=O)N(C)CC(=O)Nc2ccccc2C(=O)Nc2ccc3c(c2)OCO3)cc1. The summed E-state index contributed by atoms with van der Waals surface area (Å²) in [6.45, 7) is 1.55. The van der Waals surface area contributed by atoms with Crippen molar-refractivity contribution in [3.63, 3.8) is 0 Å². The lowest BCUT2D eigenvalue weighted by atomic mass is 10.1. The molecule has 0 saturated carbocycles. The minimum atomic E-state index is -3.84. The van der Waals surface area contributed by atoms with E-state index in [2.05, 4.69) is 10.6 Å². The summed E-state index contributed by atoms with van der Waals surface area (Å²) in [7, 11) is -2.52. The Labute approximate surface area is 197 Å². The molecule has 0 saturated heterocycles. The van der Waals surface area contributed by atoms with Gasteiger partial charge in [0, 0.05) is 18.8 Å². The molecule has 9 nitrogen and oxygen atoms in total. The molecule has 0 aromatic heterocycles. The molecule has 0 unspecified atom stereocenters. The first kappa shape index (κ1) is 23.3. The van der Waals surface area contributed by atoms with Gasteiger partial charge in [0.1, 0.15) is 0 Å². The fourth-order valence-electron chi connectivity index (χ4n) is 3.33. The van der Waals surface area contributed by atoms with Crippen LogP contribution in [0, 0.1) is 6.92 Å². The summed E-state index contributed by atoms with van der Waals surface area (Å²) in [6, 6.07) is 17.8. The van der Waals surface area contributed by atoms with E-state index in [1.54, 1.807) is 54.6 Å². The van der Waals surface area contributed by atoms with Gasteiger partial charge in [-0.05, 0) is 43.3 Å². The third-order valence-corrected chi connectivity index (χ3v) is 6.99. The van der Waals surface area contributed by atoms with Crippen molar-refractivity contribution in [3.05, 3.63) is 77.9 Å². The van der Waals surface area contributed by atoms with E-state index < -0.39 is 28.4 Å². The summed E-state index contributed by atoms with van der Waals surface area (Å²) in [4.78, 5) is 25.6. The Morgan fingerprint density at radius 3 is 2.41 bits per heavy atom. The normalized spacial score (nSPS) is 12.4. The minimum absolute atomic E-state index is 0.0944. The van der Waals surface area contributed by atoms with Gasteiger partial charge >= 0.3 is 0 Å². The van der Waals surface area contributed by atoms with E-state index in [9.17, 15) is 18.0 Å². The van der Waals surface area contributed by atoms with E-state index in [1.165, 1.54) is 19.2 Å². The number of hydrogen-bond donors (Lipinski definition) is 2. The zero-order valence-electron chi connectivity index (χ0n) is 18.6. The molecule has 176 valence electrons. The number of fused-ring (bicyclic) bond motifs is 1. The number of hydrogen-bond acceptors (Lipinski definition) is 6. The maximum absolute atomic E-state index is 12.9. The number of ether oxygens (including phenoxy) is 2. The van der Waals surface area contributed by atoms with Crippen molar-refractivity contribution < 1.29 is 27.5 Å². The van der Waals surface area contributed by atoms with Gasteiger partial charge in [-0.15, -0.1) is 0 Å². The third-order valence-electron chi connectivity index (χ3n) is 5.17. The molecule has 2 amide bonds. The number of aryl methyl sites for hydroxylation is 1. The van der Waals surface area contributed by atoms with Crippen molar-refractivity contribution in [2.45, 2.75) is 11.8 Å². The van der Waals surface area contributed by atoms with Crippen LogP contribution in [0.2, 0.25) is 0 Å². The van der Waals surface area contributed by atoms with E-state index in [1.807, 2.05) is 6.92 Å². The molecular formula is C24H23N3O6S. The van der Waals surface area contributed by atoms with Crippen LogP contribution in [0.3, 0.4) is 0 Å². The summed E-state index contributed by atoms with van der Waals surface area (Å²) in [5.74, 6) is 0.0875. The van der Waals surface area contributed by atoms with Crippen molar-refractivity contribution in [3.8, 4) is 11.5 Å². The largest absolute Gasteiger partial charge is 0.454 e. The highest BCUT2D eigenvalue weighted by Gasteiger charge is 2.24. The van der Waals surface area contributed by atoms with Crippen LogP contribution in [-0.2, 0) is 14.8 Å². The number of anilines is 2. The molecule has 0 fully saturated rings. The molecule has 0 spiro atoms. The molecule has 4 rings (SSSR count). The molecular weight excluding hydrogens is 458 g/mol. The monoisotopic (exact) mass is 481 g/mol. The van der Waals surface area contributed by atoms with Crippen molar-refractivity contribution >= 4 is 33.2 Å². The van der Waals surface area contributed by atoms with Crippen molar-refractivity contribution in [2.24, 2.45) is 0 Å². The van der Waals surface area contributed by atoms with Gasteiger partial charge in [0.2, 0.25) is 22.7 Å². The Morgan fingerprint density at radius 1 is 0.941 bits per heavy atom. The van der Waals surface area contributed by atoms with E-state index in [-0.39, 0.29) is 22.9 Å². The lowest BCUT2D eigenvalue weighted by Crippen LogP contribution is -2.35. The summed E-state index contributed by atoms with van der Waals surface area (Å²) >= 11 is 0. The number of benzene rings is 3. The van der Waals surface area contributed by atoms with E-state index in [0.717, 1.165) is 9.87 Å². The smallest absolute Gasteiger partial charge is 0.257 e. The van der Waals surface area contributed by atoms with E-state index >= 15 is 0 Å². The Balaban J connectivity index is 1.44. The number of rotatable bonds is 7. The maximum atomic E-state index is 12.9. The van der Waals surface area contributed by atoms with Crippen molar-refractivity contribution in [1.82, 2.24) is 4.31 Å². The molecule has 2 N–H and O–H groups in total. The predicted octanol–water partition coefficient (Wildman–Crippen LogP) is 3.24. The quantitative estimate of drug-likeness (QED) is 0.536. The number of carbonyl (C=O) groups excluding carboxylic acids is 2. The second-order valence-corrected chi connectivity index (χ2v) is 9.73. The van der Waals surface area contributed by atoms with Crippen LogP contribution >= 0.6 is 0 Å². The van der Waals surface area contributed by atoms with Crippen LogP contribution in [-0.4, -0.2) is 44.9 Å². The second kappa shape index (κ2) is 9.54. The third kappa shape index (κ3) is 5.03. The molecule has 0 radical (unpaired) electrons. The molecule has 10 heteroatoms. The zero-order valence-corrected chi connectivity index (χ0v) is 19.4. The van der Waals surface area contributed by atoms with Gasteiger partial charge in [-0.1, -0.05) is 29.8 Å². The molecule has 3 aromatic rings. The van der Waals surface area contributed by atoms with Gasteiger partial charge < -0.3 is 20.1 Å². The number of nitrogens with zero attached hydrogens (tertiary/aromatic N) is 1. The fraction of sp³-hybridized carbons (Fsp3) is 0.167. The molecule has 0 aliphatic carbocycles. The molecule has 1 heterocycles. The number of carbonyl (C=O) groups is 2. The molecule has 34 heavy (non-hydrogen) atoms. The van der Waals surface area contributed by atoms with Crippen LogP contribution in [0.15, 0.2) is 71.6 Å². The van der Waals surface area contributed by atoms with Gasteiger partial charge in [-0.25, -0.2) is 8.42 Å². The highest BCUT2D eigenvalue weighted by atomic mass is 32.2. The first-order valence-corrected chi connectivity index (χ1v) is 11.8. The Hall–Kier alpha value is -3.89. The summed E-state index contributed by atoms with van der Waals surface area (Å²) in [5.41, 5.74) is 1.90. The van der Waals surface area contributed by atoms with Gasteiger partial charge in [0.05, 0.1) is 22.7 Å². The van der Waals surface area contributed by atoms with Gasteiger partial charge in [-0.3, -0.25) is 9.59 Å². The summed E-state index contributed by atoms with van der Waals surface area (Å²) in [5, 5.41) is 5.39. The Bertz CT molecular complexity index is 1340. The van der Waals surface area contributed by atoms with Gasteiger partial charge in [0.25, 0.3) is 5.91 Å². The number of likely N-dealkylation sites (N-methyl/N-ethyl adjacent to an activating group) is 1. The molecule has 1 aliphatic rings. The predicted molar refractivity (Wildman–Crippen MR) is 127 cm³/mol. The molecule has 0 atom stereocenters. The summed E-state index contributed by atoms with van der Waals surface area (Å²) in [6.07, 6.45) is 0. The topological polar surface area (TPSA) is 114 Å². The first-order chi connectivity index (χ1) is 16.2. The van der Waals surface area contributed by atoms with Crippen LogP contribution in [0.1, 0.15) is 15.9 Å². The number of amides is 2. The van der Waals surface area contributed by atoms with E-state index in [4.69, 9.17) is 9.47 Å². The van der Waals surface area contributed by atoms with Gasteiger partial charge in [-0.2, -0.15) is 4.31 Å². The van der Waals surface area contributed by atoms with Crippen LogP contribution < -0.4 is 20.1 Å². The van der Waals surface area contributed by atoms with Crippen LogP contribution in [0.25, 0.3) is 0 Å². The Morgan fingerprint density at radius 2 is 1.65 bits per heavy atom. The lowest BCUT2D eigenvalue weighted by Gasteiger charge is -2.18. The van der Waals surface area contributed by atoms with Crippen LogP contribution in [0.5, 0.6) is 11.5 Å². The van der Waals surface area contributed by atoms with Crippen molar-refractivity contribution in [2.75, 3.05) is 31.0 Å². The Kier molecular flexibility index (Phi) is 6.53. The fourth-order valence-corrected chi connectivity index (χ4v) is 4.46. The highest BCUT2D eigenvalue weighted by Crippen LogP contribution is 2.34. The average molecular weight is 482 g/mol. The first-order valence-electron chi connectivity index (χ1n) is 10.4. The summed E-state index contributed by atoms with van der Waals surface area (Å²) < 4.78 is 37.1. The molecule has 1 aliphatic heterocycles. The highest BCUT2D eigenvalue weighted by molar-refractivity contribution is 7.89. The lowest BCUT2D eigenvalue weighted by molar-refractivity contribution is -0.116. The number of para-hydroxylation sites is 1. The molecule has 3 aromatic carbocycles. The van der Waals surface area contributed by atoms with E-state index in [0.29, 0.717) is 17.2 Å². The zero-order chi connectivity index (χ0) is 24.3. The minimum Gasteiger partial charge on any atom is -0.454 e. The average Bonchev–Trinajstić information content (AvgIpc) is 3.27.